The van der Waals surface area contributed by atoms with Crippen molar-refractivity contribution in [2.45, 2.75) is 20.0 Å². The van der Waals surface area contributed by atoms with Crippen LogP contribution in [0.1, 0.15) is 23.6 Å². The number of thiocarbonyl (C=S) groups is 1. The summed E-state index contributed by atoms with van der Waals surface area (Å²) < 4.78 is 5.85. The monoisotopic (exact) mass is 305 g/mol. The number of nitrogens with two attached hydrogens (primary N) is 1. The lowest BCUT2D eigenvalue weighted by Gasteiger charge is -2.11. The van der Waals surface area contributed by atoms with E-state index in [2.05, 4.69) is 13.0 Å². The van der Waals surface area contributed by atoms with E-state index in [0.29, 0.717) is 16.6 Å². The molecule has 2 nitrogen and oxygen atoms in total. The molecule has 20 heavy (non-hydrogen) atoms. The molecule has 0 atom stereocenters. The zero-order valence-corrected chi connectivity index (χ0v) is 12.8. The largest absolute Gasteiger partial charge is 0.489 e. The highest BCUT2D eigenvalue weighted by Crippen LogP contribution is 2.23. The summed E-state index contributed by atoms with van der Waals surface area (Å²) >= 11 is 11.1. The summed E-state index contributed by atoms with van der Waals surface area (Å²) in [5.41, 5.74) is 8.44. The van der Waals surface area contributed by atoms with Crippen LogP contribution in [-0.2, 0) is 13.0 Å². The van der Waals surface area contributed by atoms with E-state index in [1.54, 1.807) is 6.07 Å². The average molecular weight is 306 g/mol. The molecule has 2 aromatic carbocycles. The second-order valence-corrected chi connectivity index (χ2v) is 5.27. The molecule has 0 aliphatic rings. The fourth-order valence-electron chi connectivity index (χ4n) is 1.91. The van der Waals surface area contributed by atoms with E-state index in [-0.39, 0.29) is 0 Å². The lowest BCUT2D eigenvalue weighted by molar-refractivity contribution is 0.303. The number of ether oxygens (including phenoxy) is 1. The van der Waals surface area contributed by atoms with Crippen LogP contribution < -0.4 is 10.5 Å². The number of para-hydroxylation sites is 1. The first-order valence-corrected chi connectivity index (χ1v) is 7.19. The first-order chi connectivity index (χ1) is 9.61. The smallest absolute Gasteiger partial charge is 0.122 e. The second-order valence-electron chi connectivity index (χ2n) is 4.42. The minimum absolute atomic E-state index is 0.343. The Morgan fingerprint density at radius 3 is 2.60 bits per heavy atom. The van der Waals surface area contributed by atoms with Gasteiger partial charge in [0.2, 0.25) is 0 Å². The molecule has 104 valence electrons. The van der Waals surface area contributed by atoms with Gasteiger partial charge in [0.05, 0.1) is 0 Å². The lowest BCUT2D eigenvalue weighted by atomic mass is 10.1. The highest BCUT2D eigenvalue weighted by Gasteiger charge is 2.06. The van der Waals surface area contributed by atoms with Crippen molar-refractivity contribution >= 4 is 28.8 Å². The van der Waals surface area contributed by atoms with Gasteiger partial charge in [0, 0.05) is 16.1 Å². The number of hydrogen-bond acceptors (Lipinski definition) is 2. The van der Waals surface area contributed by atoms with Gasteiger partial charge in [-0.3, -0.25) is 0 Å². The molecule has 0 saturated heterocycles. The van der Waals surface area contributed by atoms with Crippen LogP contribution in [0.4, 0.5) is 0 Å². The molecule has 0 heterocycles. The quantitative estimate of drug-likeness (QED) is 0.844. The zero-order chi connectivity index (χ0) is 14.5. The fraction of sp³-hybridized carbons (Fsp3) is 0.188. The van der Waals surface area contributed by atoms with Crippen LogP contribution in [0.15, 0.2) is 42.5 Å². The first kappa shape index (κ1) is 14.8. The van der Waals surface area contributed by atoms with Gasteiger partial charge in [-0.05, 0) is 24.1 Å². The minimum atomic E-state index is 0.343. The van der Waals surface area contributed by atoms with Gasteiger partial charge < -0.3 is 10.5 Å². The summed E-state index contributed by atoms with van der Waals surface area (Å²) in [4.78, 5) is 0.343. The normalized spacial score (nSPS) is 10.3. The Balaban J connectivity index is 2.13. The van der Waals surface area contributed by atoms with Crippen molar-refractivity contribution < 1.29 is 4.74 Å². The fourth-order valence-corrected chi connectivity index (χ4v) is 2.27. The Labute approximate surface area is 129 Å². The Bertz CT molecular complexity index is 628. The number of halogens is 1. The van der Waals surface area contributed by atoms with Crippen LogP contribution in [0, 0.1) is 0 Å². The molecule has 0 aromatic heterocycles. The molecule has 0 unspecified atom stereocenters. The van der Waals surface area contributed by atoms with Crippen LogP contribution in [-0.4, -0.2) is 4.99 Å². The molecule has 0 radical (unpaired) electrons. The maximum Gasteiger partial charge on any atom is 0.122 e. The first-order valence-electron chi connectivity index (χ1n) is 6.40. The molecule has 0 spiro atoms. The summed E-state index contributed by atoms with van der Waals surface area (Å²) in [6, 6.07) is 13.5. The molecule has 2 aromatic rings. The molecule has 0 bridgehead atoms. The Hall–Kier alpha value is -1.58. The molecule has 4 heteroatoms. The average Bonchev–Trinajstić information content (AvgIpc) is 2.46. The summed E-state index contributed by atoms with van der Waals surface area (Å²) in [7, 11) is 0. The molecule has 0 aliphatic carbocycles. The number of hydrogen-bond donors (Lipinski definition) is 1. The van der Waals surface area contributed by atoms with E-state index >= 15 is 0 Å². The van der Waals surface area contributed by atoms with E-state index in [0.717, 1.165) is 23.3 Å². The predicted molar refractivity (Wildman–Crippen MR) is 87.5 cm³/mol. The van der Waals surface area contributed by atoms with Crippen LogP contribution >= 0.6 is 23.8 Å². The van der Waals surface area contributed by atoms with Crippen molar-refractivity contribution in [2.75, 3.05) is 0 Å². The van der Waals surface area contributed by atoms with Gasteiger partial charge in [0.25, 0.3) is 0 Å². The van der Waals surface area contributed by atoms with Gasteiger partial charge in [0.1, 0.15) is 17.3 Å². The highest BCUT2D eigenvalue weighted by molar-refractivity contribution is 7.80. The van der Waals surface area contributed by atoms with Gasteiger partial charge in [-0.2, -0.15) is 0 Å². The molecule has 2 N–H and O–H groups in total. The third-order valence-corrected chi connectivity index (χ3v) is 3.66. The van der Waals surface area contributed by atoms with E-state index < -0.39 is 0 Å². The Morgan fingerprint density at radius 2 is 1.95 bits per heavy atom. The van der Waals surface area contributed by atoms with Gasteiger partial charge in [-0.15, -0.1) is 0 Å². The zero-order valence-electron chi connectivity index (χ0n) is 11.2. The van der Waals surface area contributed by atoms with Crippen molar-refractivity contribution in [3.63, 3.8) is 0 Å². The van der Waals surface area contributed by atoms with Crippen molar-refractivity contribution in [3.8, 4) is 5.75 Å². The van der Waals surface area contributed by atoms with Gasteiger partial charge in [0.15, 0.2) is 0 Å². The Morgan fingerprint density at radius 1 is 1.20 bits per heavy atom. The molecule has 0 amide bonds. The van der Waals surface area contributed by atoms with Crippen molar-refractivity contribution in [2.24, 2.45) is 5.73 Å². The third kappa shape index (κ3) is 3.50. The van der Waals surface area contributed by atoms with Crippen LogP contribution in [0.3, 0.4) is 0 Å². The number of aryl methyl sites for hydroxylation is 1. The van der Waals surface area contributed by atoms with E-state index in [1.807, 2.05) is 30.3 Å². The summed E-state index contributed by atoms with van der Waals surface area (Å²) in [5, 5.41) is 0.615. The SMILES string of the molecule is CCc1ccccc1OCc1ccc(C(N)=S)cc1Cl. The maximum absolute atomic E-state index is 6.22. The van der Waals surface area contributed by atoms with Gasteiger partial charge in [-0.1, -0.05) is 61.1 Å². The van der Waals surface area contributed by atoms with Crippen molar-refractivity contribution in [1.82, 2.24) is 0 Å². The lowest BCUT2D eigenvalue weighted by Crippen LogP contribution is -2.09. The minimum Gasteiger partial charge on any atom is -0.489 e. The van der Waals surface area contributed by atoms with Gasteiger partial charge in [-0.25, -0.2) is 0 Å². The predicted octanol–water partition coefficient (Wildman–Crippen LogP) is 4.12. The summed E-state index contributed by atoms with van der Waals surface area (Å²) in [5.74, 6) is 0.893. The molecular formula is C16H16ClNOS. The molecular weight excluding hydrogens is 290 g/mol. The van der Waals surface area contributed by atoms with E-state index in [9.17, 15) is 0 Å². The van der Waals surface area contributed by atoms with Crippen LogP contribution in [0.2, 0.25) is 5.02 Å². The second kappa shape index (κ2) is 6.73. The number of benzene rings is 2. The maximum atomic E-state index is 6.22. The van der Waals surface area contributed by atoms with Crippen LogP contribution in [0.25, 0.3) is 0 Å². The van der Waals surface area contributed by atoms with Gasteiger partial charge >= 0.3 is 0 Å². The highest BCUT2D eigenvalue weighted by atomic mass is 35.5. The Kier molecular flexibility index (Phi) is 4.99. The summed E-state index contributed by atoms with van der Waals surface area (Å²) in [6.45, 7) is 2.53. The van der Waals surface area contributed by atoms with E-state index in [1.165, 1.54) is 5.56 Å². The summed E-state index contributed by atoms with van der Waals surface area (Å²) in [6.07, 6.45) is 0.935. The number of rotatable bonds is 5. The third-order valence-electron chi connectivity index (χ3n) is 3.07. The van der Waals surface area contributed by atoms with Crippen LogP contribution in [0.5, 0.6) is 5.75 Å². The standard InChI is InChI=1S/C16H16ClNOS/c1-2-11-5-3-4-6-15(11)19-10-13-8-7-12(16(18)20)9-14(13)17/h3-9H,2,10H2,1H3,(H2,18,20). The molecule has 0 fully saturated rings. The van der Waals surface area contributed by atoms with Crippen molar-refractivity contribution in [1.29, 1.82) is 0 Å². The topological polar surface area (TPSA) is 35.2 Å². The van der Waals surface area contributed by atoms with Crippen molar-refractivity contribution in [3.05, 3.63) is 64.2 Å². The van der Waals surface area contributed by atoms with E-state index in [4.69, 9.17) is 34.3 Å². The molecule has 2 rings (SSSR count). The molecule has 0 aliphatic heterocycles. The molecule has 0 saturated carbocycles.